The number of ketones is 1. The first-order chi connectivity index (χ1) is 25.9. The van der Waals surface area contributed by atoms with Gasteiger partial charge in [-0.25, -0.2) is 0 Å². The molecular weight excluding hydrogens is 716 g/mol. The molecule has 22 atom stereocenters. The maximum Gasteiger partial charge on any atom is 0.303 e. The van der Waals surface area contributed by atoms with Crippen LogP contribution in [0.5, 0.6) is 0 Å². The summed E-state index contributed by atoms with van der Waals surface area (Å²) < 4.78 is 44.3. The van der Waals surface area contributed by atoms with Gasteiger partial charge in [-0.15, -0.1) is 0 Å². The Morgan fingerprint density at radius 3 is 2.33 bits per heavy atom. The minimum absolute atomic E-state index is 0.0169. The first-order valence-electron chi connectivity index (χ1n) is 20.9. The van der Waals surface area contributed by atoms with Gasteiger partial charge in [0, 0.05) is 25.7 Å². The number of aliphatic hydroxyl groups excluding tert-OH is 5. The maximum absolute atomic E-state index is 14.3. The van der Waals surface area contributed by atoms with Gasteiger partial charge >= 0.3 is 5.97 Å². The Labute approximate surface area is 323 Å². The van der Waals surface area contributed by atoms with Crippen molar-refractivity contribution in [1.29, 1.82) is 0 Å². The number of fused-ring (bicyclic) bond motifs is 8. The van der Waals surface area contributed by atoms with Gasteiger partial charge < -0.3 is 58.7 Å². The lowest BCUT2D eigenvalue weighted by atomic mass is 9.44. The van der Waals surface area contributed by atoms with E-state index in [9.17, 15) is 35.1 Å². The van der Waals surface area contributed by atoms with Crippen LogP contribution in [0.1, 0.15) is 99.8 Å². The molecule has 4 saturated heterocycles. The standard InChI is InChI=1S/C41H64O14/c1-17(2)36-41(55-35-33(48)34(50-20(5)43)19(4)49-38(35)53-36)15-18(3)29-27(54-41)14-24-22-13-26(44)25-12-21(8-10-39(25,6)23(22)9-11-40(24,29)7)51-37-32(47)31(46)30(45)28(16-42)52-37/h17-19,21-25,27-38,42,45-48H,8-16H2,1-7H3. The molecule has 8 aliphatic rings. The number of rotatable bonds is 5. The van der Waals surface area contributed by atoms with E-state index in [-0.39, 0.29) is 64.3 Å². The molecule has 0 aromatic heterocycles. The Kier molecular flexibility index (Phi) is 10.6. The van der Waals surface area contributed by atoms with E-state index in [0.717, 1.165) is 25.7 Å². The molecule has 14 nitrogen and oxygen atoms in total. The lowest BCUT2D eigenvalue weighted by Gasteiger charge is -2.61. The van der Waals surface area contributed by atoms with E-state index in [1.54, 1.807) is 6.92 Å². The van der Waals surface area contributed by atoms with Crippen molar-refractivity contribution in [3.63, 3.8) is 0 Å². The molecule has 312 valence electrons. The Morgan fingerprint density at radius 1 is 0.909 bits per heavy atom. The molecule has 4 heterocycles. The van der Waals surface area contributed by atoms with E-state index in [2.05, 4.69) is 34.6 Å². The van der Waals surface area contributed by atoms with Gasteiger partial charge in [-0.1, -0.05) is 34.6 Å². The molecule has 8 rings (SSSR count). The van der Waals surface area contributed by atoms with Crippen LogP contribution in [0.15, 0.2) is 0 Å². The van der Waals surface area contributed by atoms with Crippen LogP contribution in [0, 0.1) is 52.3 Å². The largest absolute Gasteiger partial charge is 0.457 e. The van der Waals surface area contributed by atoms with E-state index in [0.29, 0.717) is 31.6 Å². The summed E-state index contributed by atoms with van der Waals surface area (Å²) in [4.78, 5) is 26.3. The van der Waals surface area contributed by atoms with Gasteiger partial charge in [-0.2, -0.15) is 0 Å². The summed E-state index contributed by atoms with van der Waals surface area (Å²) in [6.07, 6.45) is -6.22. The highest BCUT2D eigenvalue weighted by Gasteiger charge is 2.69. The Morgan fingerprint density at radius 2 is 1.64 bits per heavy atom. The minimum Gasteiger partial charge on any atom is -0.457 e. The fourth-order valence-electron chi connectivity index (χ4n) is 13.6. The molecule has 0 radical (unpaired) electrons. The first kappa shape index (κ1) is 40.5. The normalized spacial score (nSPS) is 56.2. The number of carbonyl (C=O) groups excluding carboxylic acids is 2. The molecule has 0 amide bonds. The van der Waals surface area contributed by atoms with Gasteiger partial charge in [0.25, 0.3) is 0 Å². The highest BCUT2D eigenvalue weighted by atomic mass is 16.8. The predicted octanol–water partition coefficient (Wildman–Crippen LogP) is 2.22. The van der Waals surface area contributed by atoms with Crippen LogP contribution < -0.4 is 0 Å². The number of ether oxygens (including phenoxy) is 7. The molecule has 4 saturated carbocycles. The van der Waals surface area contributed by atoms with Crippen molar-refractivity contribution in [3.05, 3.63) is 0 Å². The van der Waals surface area contributed by atoms with Crippen LogP contribution in [-0.2, 0) is 42.7 Å². The number of hydrogen-bond acceptors (Lipinski definition) is 14. The molecule has 1 spiro atoms. The summed E-state index contributed by atoms with van der Waals surface area (Å²) >= 11 is 0. The molecule has 55 heavy (non-hydrogen) atoms. The number of esters is 1. The van der Waals surface area contributed by atoms with Crippen LogP contribution in [0.4, 0.5) is 0 Å². The Bertz CT molecular complexity index is 1460. The summed E-state index contributed by atoms with van der Waals surface area (Å²) in [5.41, 5.74) is -0.253. The SMILES string of the molecule is CC(=O)OC1C(C)OC2OC(C(C)C)C3(CC(C)C4C(CC5C6CC(=O)C7CC(OC8OC(CO)C(O)C(O)C8O)CCC7(C)C6CCC54C)O3)OC2C1O. The third kappa shape index (κ3) is 6.38. The van der Waals surface area contributed by atoms with Gasteiger partial charge in [0.1, 0.15) is 48.5 Å². The van der Waals surface area contributed by atoms with Crippen molar-refractivity contribution in [2.24, 2.45) is 52.3 Å². The maximum atomic E-state index is 14.3. The second-order valence-electron chi connectivity index (χ2n) is 19.4. The van der Waals surface area contributed by atoms with E-state index >= 15 is 0 Å². The number of carbonyl (C=O) groups is 2. The molecule has 14 heteroatoms. The highest BCUT2D eigenvalue weighted by Crippen LogP contribution is 2.70. The minimum atomic E-state index is -1.52. The summed E-state index contributed by atoms with van der Waals surface area (Å²) in [6, 6.07) is 0. The number of aliphatic hydroxyl groups is 5. The van der Waals surface area contributed by atoms with Crippen LogP contribution in [-0.4, -0.2) is 129 Å². The van der Waals surface area contributed by atoms with Crippen LogP contribution in [0.2, 0.25) is 0 Å². The second-order valence-corrected chi connectivity index (χ2v) is 19.4. The monoisotopic (exact) mass is 780 g/mol. The number of hydrogen-bond donors (Lipinski definition) is 5. The van der Waals surface area contributed by atoms with Crippen molar-refractivity contribution in [3.8, 4) is 0 Å². The lowest BCUT2D eigenvalue weighted by molar-refractivity contribution is -0.457. The summed E-state index contributed by atoms with van der Waals surface area (Å²) in [5.74, 6) is -0.307. The molecule has 4 aliphatic carbocycles. The Hall–Kier alpha value is -1.30. The first-order valence-corrected chi connectivity index (χ1v) is 20.9. The average molecular weight is 781 g/mol. The van der Waals surface area contributed by atoms with E-state index in [1.165, 1.54) is 6.92 Å². The van der Waals surface area contributed by atoms with E-state index in [4.69, 9.17) is 33.2 Å². The number of Topliss-reactive ketones (excluding diaryl/α,β-unsaturated/α-hetero) is 1. The molecule has 4 aliphatic heterocycles. The third-order valence-electron chi connectivity index (χ3n) is 16.0. The van der Waals surface area contributed by atoms with Crippen LogP contribution >= 0.6 is 0 Å². The molecule has 0 bridgehead atoms. The molecule has 22 unspecified atom stereocenters. The van der Waals surface area contributed by atoms with Crippen molar-refractivity contribution in [1.82, 2.24) is 0 Å². The van der Waals surface area contributed by atoms with Gasteiger partial charge in [-0.05, 0) is 91.8 Å². The molecular formula is C41H64O14. The summed E-state index contributed by atoms with van der Waals surface area (Å²) in [5, 5.41) is 52.3. The summed E-state index contributed by atoms with van der Waals surface area (Å²) in [6.45, 7) is 13.7. The fraction of sp³-hybridized carbons (Fsp3) is 0.951. The van der Waals surface area contributed by atoms with E-state index < -0.39 is 85.9 Å². The lowest BCUT2D eigenvalue weighted by Crippen LogP contribution is -2.71. The van der Waals surface area contributed by atoms with Crippen molar-refractivity contribution in [2.75, 3.05) is 6.61 Å². The quantitative estimate of drug-likeness (QED) is 0.201. The fourth-order valence-corrected chi connectivity index (χ4v) is 13.6. The van der Waals surface area contributed by atoms with Gasteiger partial charge in [0.2, 0.25) is 0 Å². The van der Waals surface area contributed by atoms with E-state index in [1.807, 2.05) is 0 Å². The van der Waals surface area contributed by atoms with Gasteiger partial charge in [-0.3, -0.25) is 9.59 Å². The van der Waals surface area contributed by atoms with Crippen LogP contribution in [0.25, 0.3) is 0 Å². The molecule has 8 fully saturated rings. The smallest absolute Gasteiger partial charge is 0.303 e. The van der Waals surface area contributed by atoms with Gasteiger partial charge in [0.15, 0.2) is 24.5 Å². The zero-order chi connectivity index (χ0) is 39.5. The average Bonchev–Trinajstić information content (AvgIpc) is 3.43. The summed E-state index contributed by atoms with van der Waals surface area (Å²) in [7, 11) is 0. The molecule has 0 aromatic carbocycles. The van der Waals surface area contributed by atoms with Crippen molar-refractivity contribution in [2.45, 2.75) is 185 Å². The van der Waals surface area contributed by atoms with Crippen molar-refractivity contribution < 1.29 is 68.3 Å². The molecule has 5 N–H and O–H groups in total. The van der Waals surface area contributed by atoms with Crippen molar-refractivity contribution >= 4 is 11.8 Å². The highest BCUT2D eigenvalue weighted by molar-refractivity contribution is 5.83. The van der Waals surface area contributed by atoms with Crippen LogP contribution in [0.3, 0.4) is 0 Å². The zero-order valence-corrected chi connectivity index (χ0v) is 33.3. The van der Waals surface area contributed by atoms with Gasteiger partial charge in [0.05, 0.1) is 24.9 Å². The molecule has 0 aromatic rings. The Balaban J connectivity index is 0.997. The zero-order valence-electron chi connectivity index (χ0n) is 33.3. The third-order valence-corrected chi connectivity index (χ3v) is 16.0. The second kappa shape index (κ2) is 14.5. The predicted molar refractivity (Wildman–Crippen MR) is 191 cm³/mol. The topological polar surface area (TPSA) is 200 Å².